The molecule has 3 rings (SSSR count). The lowest BCUT2D eigenvalue weighted by molar-refractivity contribution is 0.0955. The van der Waals surface area contributed by atoms with Crippen molar-refractivity contribution in [2.24, 2.45) is 10.4 Å². The lowest BCUT2D eigenvalue weighted by Gasteiger charge is -2.25. The Labute approximate surface area is 172 Å². The van der Waals surface area contributed by atoms with Gasteiger partial charge >= 0.3 is 0 Å². The molecule has 0 bridgehead atoms. The zero-order chi connectivity index (χ0) is 17.7. The third-order valence-electron chi connectivity index (χ3n) is 5.11. The normalized spacial score (nSPS) is 22.4. The second kappa shape index (κ2) is 9.55. The van der Waals surface area contributed by atoms with Gasteiger partial charge in [-0.3, -0.25) is 9.79 Å². The third-order valence-corrected chi connectivity index (χ3v) is 5.11. The first-order chi connectivity index (χ1) is 12.2. The Hall–Kier alpha value is -1.35. The van der Waals surface area contributed by atoms with E-state index in [4.69, 9.17) is 4.74 Å². The molecule has 7 heteroatoms. The van der Waals surface area contributed by atoms with Gasteiger partial charge < -0.3 is 20.3 Å². The van der Waals surface area contributed by atoms with Crippen LogP contribution >= 0.6 is 24.0 Å². The molecule has 2 fully saturated rings. The fourth-order valence-corrected chi connectivity index (χ4v) is 3.69. The number of amides is 1. The van der Waals surface area contributed by atoms with Gasteiger partial charge in [0.1, 0.15) is 0 Å². The third kappa shape index (κ3) is 4.88. The van der Waals surface area contributed by atoms with E-state index >= 15 is 0 Å². The number of guanidine groups is 1. The molecule has 2 N–H and O–H groups in total. The lowest BCUT2D eigenvalue weighted by atomic mass is 9.87. The van der Waals surface area contributed by atoms with E-state index in [1.165, 1.54) is 6.42 Å². The summed E-state index contributed by atoms with van der Waals surface area (Å²) in [5, 5.41) is 6.27. The summed E-state index contributed by atoms with van der Waals surface area (Å²) in [5.41, 5.74) is 2.08. The Balaban J connectivity index is 0.00000243. The zero-order valence-electron chi connectivity index (χ0n) is 15.6. The average molecular weight is 472 g/mol. The van der Waals surface area contributed by atoms with E-state index in [0.29, 0.717) is 24.1 Å². The van der Waals surface area contributed by atoms with Crippen LogP contribution in [0.15, 0.2) is 29.3 Å². The molecule has 1 aromatic carbocycles. The van der Waals surface area contributed by atoms with Crippen LogP contribution in [0.3, 0.4) is 0 Å². The fraction of sp³-hybridized carbons (Fsp3) is 0.579. The first-order valence-corrected chi connectivity index (χ1v) is 9.06. The van der Waals surface area contributed by atoms with Crippen molar-refractivity contribution in [3.63, 3.8) is 0 Å². The summed E-state index contributed by atoms with van der Waals surface area (Å²) in [6, 6.07) is 7.72. The molecule has 26 heavy (non-hydrogen) atoms. The summed E-state index contributed by atoms with van der Waals surface area (Å²) < 4.78 is 5.60. The van der Waals surface area contributed by atoms with Gasteiger partial charge in [-0.1, -0.05) is 12.1 Å². The second-order valence-electron chi connectivity index (χ2n) is 6.93. The quantitative estimate of drug-likeness (QED) is 0.401. The summed E-state index contributed by atoms with van der Waals surface area (Å²) in [5.74, 6) is 0.892. The molecule has 2 saturated heterocycles. The number of rotatable bonds is 4. The van der Waals surface area contributed by atoms with Crippen molar-refractivity contribution in [1.82, 2.24) is 15.5 Å². The second-order valence-corrected chi connectivity index (χ2v) is 6.93. The molecule has 0 aliphatic carbocycles. The van der Waals surface area contributed by atoms with E-state index in [1.807, 2.05) is 38.2 Å². The van der Waals surface area contributed by atoms with Crippen molar-refractivity contribution >= 4 is 35.8 Å². The number of nitrogens with zero attached hydrogens (tertiary/aromatic N) is 2. The van der Waals surface area contributed by atoms with Gasteiger partial charge in [0.05, 0.1) is 6.61 Å². The number of nitrogens with one attached hydrogen (secondary N) is 2. The highest BCUT2D eigenvalue weighted by Gasteiger charge is 2.42. The van der Waals surface area contributed by atoms with Crippen LogP contribution in [-0.4, -0.2) is 56.7 Å². The number of halogens is 1. The van der Waals surface area contributed by atoms with Crippen molar-refractivity contribution in [3.8, 4) is 0 Å². The van der Waals surface area contributed by atoms with Gasteiger partial charge in [0, 0.05) is 50.8 Å². The molecule has 1 amide bonds. The van der Waals surface area contributed by atoms with Gasteiger partial charge in [0.15, 0.2) is 5.96 Å². The maximum absolute atomic E-state index is 12.0. The van der Waals surface area contributed by atoms with Gasteiger partial charge in [0.2, 0.25) is 0 Å². The smallest absolute Gasteiger partial charge is 0.251 e. The minimum Gasteiger partial charge on any atom is -0.381 e. The first kappa shape index (κ1) is 21.0. The van der Waals surface area contributed by atoms with Crippen molar-refractivity contribution in [2.75, 3.05) is 39.9 Å². The Morgan fingerprint density at radius 3 is 2.88 bits per heavy atom. The predicted octanol–water partition coefficient (Wildman–Crippen LogP) is 2.24. The largest absolute Gasteiger partial charge is 0.381 e. The average Bonchev–Trinajstić information content (AvgIpc) is 3.26. The summed E-state index contributed by atoms with van der Waals surface area (Å²) in [4.78, 5) is 18.7. The maximum atomic E-state index is 12.0. The molecule has 0 saturated carbocycles. The number of ether oxygens (including phenoxy) is 1. The number of benzene rings is 1. The van der Waals surface area contributed by atoms with Crippen LogP contribution < -0.4 is 10.6 Å². The minimum atomic E-state index is -0.0311. The monoisotopic (exact) mass is 472 g/mol. The summed E-state index contributed by atoms with van der Waals surface area (Å²) in [6.07, 6.45) is 2.31. The maximum Gasteiger partial charge on any atom is 0.251 e. The molecule has 1 atom stereocenters. The van der Waals surface area contributed by atoms with E-state index in [-0.39, 0.29) is 29.9 Å². The van der Waals surface area contributed by atoms with Crippen molar-refractivity contribution < 1.29 is 9.53 Å². The van der Waals surface area contributed by atoms with E-state index in [9.17, 15) is 4.79 Å². The summed E-state index contributed by atoms with van der Waals surface area (Å²) in [7, 11) is 1.82. The molecule has 2 aliphatic rings. The van der Waals surface area contributed by atoms with Gasteiger partial charge in [-0.25, -0.2) is 0 Å². The molecule has 144 valence electrons. The lowest BCUT2D eigenvalue weighted by Crippen LogP contribution is -2.41. The van der Waals surface area contributed by atoms with Crippen molar-refractivity contribution in [3.05, 3.63) is 35.4 Å². The SMILES string of the molecule is CCNC(=O)c1cccc(CNC(=NC)N2CCC3(CCOC3)C2)c1.I. The Bertz CT molecular complexity index is 644. The number of hydrogen-bond acceptors (Lipinski definition) is 3. The number of carbonyl (C=O) groups is 1. The molecule has 0 aromatic heterocycles. The highest BCUT2D eigenvalue weighted by Crippen LogP contribution is 2.38. The molecule has 6 nitrogen and oxygen atoms in total. The van der Waals surface area contributed by atoms with E-state index in [0.717, 1.165) is 44.2 Å². The van der Waals surface area contributed by atoms with Crippen LogP contribution in [0.25, 0.3) is 0 Å². The van der Waals surface area contributed by atoms with Crippen LogP contribution in [-0.2, 0) is 11.3 Å². The van der Waals surface area contributed by atoms with Crippen LogP contribution in [0.4, 0.5) is 0 Å². The molecular weight excluding hydrogens is 443 g/mol. The van der Waals surface area contributed by atoms with Crippen molar-refractivity contribution in [2.45, 2.75) is 26.3 Å². The molecule has 1 spiro atoms. The number of carbonyl (C=O) groups excluding carboxylic acids is 1. The standard InChI is InChI=1S/C19H28N4O2.HI/c1-3-21-17(24)16-6-4-5-15(11-16)12-22-18(20-2)23-9-7-19(13-23)8-10-25-14-19;/h4-6,11H,3,7-10,12-14H2,1-2H3,(H,20,22)(H,21,24);1H. The highest BCUT2D eigenvalue weighted by molar-refractivity contribution is 14.0. The van der Waals surface area contributed by atoms with Gasteiger partial charge in [-0.05, 0) is 37.5 Å². The van der Waals surface area contributed by atoms with E-state index in [2.05, 4.69) is 20.5 Å². The Morgan fingerprint density at radius 1 is 1.35 bits per heavy atom. The first-order valence-electron chi connectivity index (χ1n) is 9.06. The van der Waals surface area contributed by atoms with E-state index in [1.54, 1.807) is 0 Å². The number of likely N-dealkylation sites (tertiary alicyclic amines) is 1. The van der Waals surface area contributed by atoms with Crippen LogP contribution in [0.2, 0.25) is 0 Å². The summed E-state index contributed by atoms with van der Waals surface area (Å²) in [6.45, 7) is 6.98. The Morgan fingerprint density at radius 2 is 2.19 bits per heavy atom. The molecule has 2 heterocycles. The molecular formula is C19H29IN4O2. The van der Waals surface area contributed by atoms with Gasteiger partial charge in [-0.15, -0.1) is 24.0 Å². The molecule has 0 radical (unpaired) electrons. The van der Waals surface area contributed by atoms with Gasteiger partial charge in [-0.2, -0.15) is 0 Å². The Kier molecular flexibility index (Phi) is 7.69. The minimum absolute atomic E-state index is 0. The topological polar surface area (TPSA) is 66.0 Å². The zero-order valence-corrected chi connectivity index (χ0v) is 17.9. The fourth-order valence-electron chi connectivity index (χ4n) is 3.69. The highest BCUT2D eigenvalue weighted by atomic mass is 127. The van der Waals surface area contributed by atoms with Crippen LogP contribution in [0.1, 0.15) is 35.7 Å². The molecule has 1 aromatic rings. The van der Waals surface area contributed by atoms with Crippen LogP contribution in [0, 0.1) is 5.41 Å². The van der Waals surface area contributed by atoms with E-state index < -0.39 is 0 Å². The number of hydrogen-bond donors (Lipinski definition) is 2. The van der Waals surface area contributed by atoms with Gasteiger partial charge in [0.25, 0.3) is 5.91 Å². The predicted molar refractivity (Wildman–Crippen MR) is 114 cm³/mol. The molecule has 1 unspecified atom stereocenters. The summed E-state index contributed by atoms with van der Waals surface area (Å²) >= 11 is 0. The number of aliphatic imine (C=N–C) groups is 1. The molecule has 2 aliphatic heterocycles. The van der Waals surface area contributed by atoms with Crippen LogP contribution in [0.5, 0.6) is 0 Å². The van der Waals surface area contributed by atoms with Crippen molar-refractivity contribution in [1.29, 1.82) is 0 Å².